The average molecular weight is 128 g/mol. The Morgan fingerprint density at radius 1 is 1.56 bits per heavy atom. The van der Waals surface area contributed by atoms with Crippen molar-refractivity contribution in [1.82, 2.24) is 0 Å². The predicted octanol–water partition coefficient (Wildman–Crippen LogP) is 0.760. The van der Waals surface area contributed by atoms with Gasteiger partial charge in [-0.25, -0.2) is 0 Å². The van der Waals surface area contributed by atoms with E-state index in [0.29, 0.717) is 0 Å². The minimum absolute atomic E-state index is 1.06. The lowest BCUT2D eigenvalue weighted by Gasteiger charge is -2.01. The molecule has 0 unspecified atom stereocenters. The Morgan fingerprint density at radius 3 is 3.00 bits per heavy atom. The monoisotopic (exact) mass is 128 g/mol. The van der Waals surface area contributed by atoms with E-state index in [4.69, 9.17) is 0 Å². The van der Waals surface area contributed by atoms with Gasteiger partial charge in [0.15, 0.2) is 0 Å². The molecule has 0 saturated carbocycles. The van der Waals surface area contributed by atoms with Crippen LogP contribution in [0.15, 0.2) is 0 Å². The standard InChI is InChI=1S/C8H17N/c1-2-3-4-8-5-6-9-7-8/h8-9H,2-7H2,1H3/p+1/t8-/m1/s1. The Kier molecular flexibility index (Phi) is 3.05. The zero-order valence-electron chi connectivity index (χ0n) is 6.40. The Labute approximate surface area is 57.8 Å². The number of quaternary nitrogens is 1. The second kappa shape index (κ2) is 3.89. The summed E-state index contributed by atoms with van der Waals surface area (Å²) in [5.74, 6) is 1.06. The van der Waals surface area contributed by atoms with E-state index in [9.17, 15) is 0 Å². The Morgan fingerprint density at radius 2 is 2.44 bits per heavy atom. The van der Waals surface area contributed by atoms with Gasteiger partial charge in [-0.1, -0.05) is 19.8 Å². The maximum Gasteiger partial charge on any atom is 0.0786 e. The first-order valence-electron chi connectivity index (χ1n) is 4.25. The lowest BCUT2D eigenvalue weighted by Crippen LogP contribution is -2.81. The molecule has 1 rings (SSSR count). The molecule has 1 aliphatic heterocycles. The summed E-state index contributed by atoms with van der Waals surface area (Å²) >= 11 is 0. The second-order valence-electron chi connectivity index (χ2n) is 3.11. The van der Waals surface area contributed by atoms with E-state index in [0.717, 1.165) is 5.92 Å². The average Bonchev–Trinajstić information content (AvgIpc) is 2.34. The molecule has 2 N–H and O–H groups in total. The summed E-state index contributed by atoms with van der Waals surface area (Å²) in [6.07, 6.45) is 5.77. The highest BCUT2D eigenvalue weighted by Crippen LogP contribution is 2.11. The van der Waals surface area contributed by atoms with Gasteiger partial charge in [0.1, 0.15) is 0 Å². The van der Waals surface area contributed by atoms with Gasteiger partial charge < -0.3 is 5.32 Å². The van der Waals surface area contributed by atoms with Crippen molar-refractivity contribution in [3.8, 4) is 0 Å². The minimum atomic E-state index is 1.06. The Hall–Kier alpha value is -0.0400. The molecular weight excluding hydrogens is 110 g/mol. The van der Waals surface area contributed by atoms with Gasteiger partial charge >= 0.3 is 0 Å². The molecule has 0 bridgehead atoms. The van der Waals surface area contributed by atoms with Gasteiger partial charge in [-0.15, -0.1) is 0 Å². The normalized spacial score (nSPS) is 27.0. The van der Waals surface area contributed by atoms with Crippen LogP contribution < -0.4 is 5.32 Å². The lowest BCUT2D eigenvalue weighted by atomic mass is 10.0. The van der Waals surface area contributed by atoms with Crippen LogP contribution in [0.3, 0.4) is 0 Å². The molecule has 1 fully saturated rings. The van der Waals surface area contributed by atoms with Crippen LogP contribution in [0.25, 0.3) is 0 Å². The van der Waals surface area contributed by atoms with Crippen LogP contribution in [0.4, 0.5) is 0 Å². The summed E-state index contributed by atoms with van der Waals surface area (Å²) in [6.45, 7) is 5.06. The van der Waals surface area contributed by atoms with E-state index in [-0.39, 0.29) is 0 Å². The van der Waals surface area contributed by atoms with E-state index in [1.807, 2.05) is 0 Å². The van der Waals surface area contributed by atoms with E-state index >= 15 is 0 Å². The summed E-state index contributed by atoms with van der Waals surface area (Å²) in [4.78, 5) is 0. The van der Waals surface area contributed by atoms with Crippen LogP contribution in [0.5, 0.6) is 0 Å². The highest BCUT2D eigenvalue weighted by Gasteiger charge is 2.16. The minimum Gasteiger partial charge on any atom is -0.346 e. The predicted molar refractivity (Wildman–Crippen MR) is 39.3 cm³/mol. The molecule has 0 aromatic rings. The third-order valence-electron chi connectivity index (χ3n) is 2.24. The van der Waals surface area contributed by atoms with E-state index < -0.39 is 0 Å². The van der Waals surface area contributed by atoms with E-state index in [1.54, 1.807) is 0 Å². The molecule has 1 saturated heterocycles. The molecule has 0 radical (unpaired) electrons. The second-order valence-corrected chi connectivity index (χ2v) is 3.11. The molecule has 1 heteroatoms. The third-order valence-corrected chi connectivity index (χ3v) is 2.24. The van der Waals surface area contributed by atoms with Crippen molar-refractivity contribution in [2.24, 2.45) is 5.92 Å². The topological polar surface area (TPSA) is 16.6 Å². The number of hydrogen-bond acceptors (Lipinski definition) is 0. The summed E-state index contributed by atoms with van der Waals surface area (Å²) in [5, 5.41) is 2.44. The van der Waals surface area contributed by atoms with Crippen molar-refractivity contribution in [2.45, 2.75) is 32.6 Å². The van der Waals surface area contributed by atoms with Crippen LogP contribution in [0.1, 0.15) is 32.6 Å². The highest BCUT2D eigenvalue weighted by molar-refractivity contribution is 4.59. The fourth-order valence-electron chi connectivity index (χ4n) is 1.58. The SMILES string of the molecule is CCCC[C@@H]1CC[NH2+]C1. The maximum atomic E-state index is 2.44. The molecule has 0 aromatic carbocycles. The molecule has 1 atom stereocenters. The van der Waals surface area contributed by atoms with Gasteiger partial charge in [-0.3, -0.25) is 0 Å². The van der Waals surface area contributed by atoms with Crippen LogP contribution >= 0.6 is 0 Å². The Balaban J connectivity index is 1.98. The van der Waals surface area contributed by atoms with Gasteiger partial charge in [0.25, 0.3) is 0 Å². The van der Waals surface area contributed by atoms with E-state index in [2.05, 4.69) is 12.2 Å². The molecule has 1 aliphatic rings. The maximum absolute atomic E-state index is 2.44. The molecular formula is C8H18N+. The van der Waals surface area contributed by atoms with Crippen molar-refractivity contribution < 1.29 is 5.32 Å². The molecule has 1 heterocycles. The number of rotatable bonds is 3. The molecule has 0 aliphatic carbocycles. The van der Waals surface area contributed by atoms with Crippen LogP contribution in [-0.2, 0) is 0 Å². The van der Waals surface area contributed by atoms with Gasteiger partial charge in [-0.2, -0.15) is 0 Å². The fourth-order valence-corrected chi connectivity index (χ4v) is 1.58. The zero-order valence-corrected chi connectivity index (χ0v) is 6.40. The molecule has 0 spiro atoms. The van der Waals surface area contributed by atoms with Crippen molar-refractivity contribution in [3.63, 3.8) is 0 Å². The first-order chi connectivity index (χ1) is 4.43. The summed E-state index contributed by atoms with van der Waals surface area (Å²) in [6, 6.07) is 0. The van der Waals surface area contributed by atoms with Crippen molar-refractivity contribution in [2.75, 3.05) is 13.1 Å². The van der Waals surface area contributed by atoms with Crippen molar-refractivity contribution >= 4 is 0 Å². The van der Waals surface area contributed by atoms with Gasteiger partial charge in [0.2, 0.25) is 0 Å². The molecule has 9 heavy (non-hydrogen) atoms. The first-order valence-corrected chi connectivity index (χ1v) is 4.25. The summed E-state index contributed by atoms with van der Waals surface area (Å²) < 4.78 is 0. The highest BCUT2D eigenvalue weighted by atomic mass is 14.9. The molecule has 0 aromatic heterocycles. The van der Waals surface area contributed by atoms with Gasteiger partial charge in [-0.05, 0) is 6.42 Å². The number of nitrogens with two attached hydrogens (primary N) is 1. The van der Waals surface area contributed by atoms with Crippen molar-refractivity contribution in [1.29, 1.82) is 0 Å². The van der Waals surface area contributed by atoms with Gasteiger partial charge in [0.05, 0.1) is 13.1 Å². The molecule has 1 nitrogen and oxygen atoms in total. The van der Waals surface area contributed by atoms with Crippen LogP contribution in [-0.4, -0.2) is 13.1 Å². The quantitative estimate of drug-likeness (QED) is 0.578. The summed E-state index contributed by atoms with van der Waals surface area (Å²) in [7, 11) is 0. The largest absolute Gasteiger partial charge is 0.346 e. The van der Waals surface area contributed by atoms with Crippen LogP contribution in [0, 0.1) is 5.92 Å². The van der Waals surface area contributed by atoms with Crippen molar-refractivity contribution in [3.05, 3.63) is 0 Å². The molecule has 0 amide bonds. The Bertz CT molecular complexity index is 65.0. The van der Waals surface area contributed by atoms with Gasteiger partial charge in [0, 0.05) is 12.3 Å². The number of hydrogen-bond donors (Lipinski definition) is 1. The molecule has 54 valence electrons. The third kappa shape index (κ3) is 2.35. The lowest BCUT2D eigenvalue weighted by molar-refractivity contribution is -0.638. The fraction of sp³-hybridized carbons (Fsp3) is 1.00. The summed E-state index contributed by atoms with van der Waals surface area (Å²) in [5.41, 5.74) is 0. The van der Waals surface area contributed by atoms with Crippen LogP contribution in [0.2, 0.25) is 0 Å². The zero-order chi connectivity index (χ0) is 6.53. The van der Waals surface area contributed by atoms with E-state index in [1.165, 1.54) is 38.8 Å². The first kappa shape index (κ1) is 7.07. The number of unbranched alkanes of at least 4 members (excludes halogenated alkanes) is 1. The smallest absolute Gasteiger partial charge is 0.0786 e.